The summed E-state index contributed by atoms with van der Waals surface area (Å²) in [6.07, 6.45) is 4.58. The molecule has 2 aromatic heterocycles. The van der Waals surface area contributed by atoms with Crippen molar-refractivity contribution in [2.24, 2.45) is 5.16 Å². The van der Waals surface area contributed by atoms with Crippen LogP contribution in [0.5, 0.6) is 0 Å². The largest absolute Gasteiger partial charge is 0.411 e. The number of nitrogens with one attached hydrogen (secondary N) is 1. The molecule has 4 nitrogen and oxygen atoms in total. The summed E-state index contributed by atoms with van der Waals surface area (Å²) in [5, 5.41) is 16.4. The molecule has 0 aliphatic heterocycles. The van der Waals surface area contributed by atoms with Gasteiger partial charge in [0.15, 0.2) is 0 Å². The molecular weight excluding hydrogens is 274 g/mol. The Balaban J connectivity index is 2.15. The Bertz CT molecular complexity index is 866. The molecule has 0 bridgehead atoms. The third-order valence-corrected chi connectivity index (χ3v) is 4.15. The van der Waals surface area contributed by atoms with Crippen LogP contribution in [0.4, 0.5) is 0 Å². The number of aryl methyl sites for hydroxylation is 1. The number of pyridine rings is 1. The van der Waals surface area contributed by atoms with Crippen LogP contribution < -0.4 is 0 Å². The summed E-state index contributed by atoms with van der Waals surface area (Å²) in [5.41, 5.74) is 3.70. The van der Waals surface area contributed by atoms with Crippen molar-refractivity contribution in [3.8, 4) is 0 Å². The molecule has 0 saturated carbocycles. The van der Waals surface area contributed by atoms with E-state index in [2.05, 4.69) is 10.1 Å². The second-order valence-corrected chi connectivity index (χ2v) is 5.49. The lowest BCUT2D eigenvalue weighted by Crippen LogP contribution is -2.10. The van der Waals surface area contributed by atoms with Crippen molar-refractivity contribution in [1.82, 2.24) is 9.97 Å². The fourth-order valence-electron chi connectivity index (χ4n) is 3.04. The van der Waals surface area contributed by atoms with Crippen molar-refractivity contribution >= 4 is 39.0 Å². The minimum atomic E-state index is 0.585. The average Bonchev–Trinajstić information content (AvgIpc) is 2.86. The van der Waals surface area contributed by atoms with Gasteiger partial charge in [-0.05, 0) is 25.3 Å². The van der Waals surface area contributed by atoms with E-state index in [1.54, 1.807) is 0 Å². The second-order valence-electron chi connectivity index (χ2n) is 5.08. The number of H-pyrrole nitrogens is 1. The van der Waals surface area contributed by atoms with Crippen LogP contribution in [0.25, 0.3) is 21.7 Å². The average molecular weight is 286 g/mol. The van der Waals surface area contributed by atoms with E-state index in [4.69, 9.17) is 16.6 Å². The fraction of sp³-hybridized carbons (Fsp3) is 0.200. The zero-order valence-corrected chi connectivity index (χ0v) is 11.4. The second kappa shape index (κ2) is 4.21. The molecule has 3 aromatic rings. The molecule has 1 aliphatic rings. The zero-order valence-electron chi connectivity index (χ0n) is 10.7. The van der Waals surface area contributed by atoms with Crippen molar-refractivity contribution in [2.75, 3.05) is 0 Å². The van der Waals surface area contributed by atoms with E-state index in [9.17, 15) is 5.21 Å². The zero-order chi connectivity index (χ0) is 13.7. The molecule has 0 radical (unpaired) electrons. The summed E-state index contributed by atoms with van der Waals surface area (Å²) in [7, 11) is 0. The van der Waals surface area contributed by atoms with Crippen LogP contribution in [0.1, 0.15) is 24.1 Å². The molecule has 100 valence electrons. The molecule has 0 spiro atoms. The molecule has 20 heavy (non-hydrogen) atoms. The Morgan fingerprint density at radius 1 is 1.25 bits per heavy atom. The standard InChI is InChI=1S/C15H12ClN3O/c16-13-6-10-8(7-17-13)4-5-9-14-11(18-15(9)10)2-1-3-12(14)19-20/h4-7,17,20H,1-3H2/b19-12+. The number of aromatic amines is 1. The normalized spacial score (nSPS) is 16.9. The summed E-state index contributed by atoms with van der Waals surface area (Å²) >= 11 is 6.05. The molecule has 0 fully saturated rings. The summed E-state index contributed by atoms with van der Waals surface area (Å²) in [5.74, 6) is 0. The van der Waals surface area contributed by atoms with Crippen LogP contribution in [0, 0.1) is 0 Å². The van der Waals surface area contributed by atoms with E-state index in [0.717, 1.165) is 57.9 Å². The highest BCUT2D eigenvalue weighted by atomic mass is 35.5. The van der Waals surface area contributed by atoms with Crippen molar-refractivity contribution in [3.05, 3.63) is 40.8 Å². The molecule has 0 amide bonds. The number of fused-ring (bicyclic) bond motifs is 5. The van der Waals surface area contributed by atoms with Crippen molar-refractivity contribution in [1.29, 1.82) is 0 Å². The Morgan fingerprint density at radius 2 is 2.15 bits per heavy atom. The van der Waals surface area contributed by atoms with Gasteiger partial charge in [-0.1, -0.05) is 28.9 Å². The SMILES string of the molecule is O/N=C1\CCCc2nc3c(ccc4c[nH]c(Cl)cc43)c21. The van der Waals surface area contributed by atoms with E-state index < -0.39 is 0 Å². The Morgan fingerprint density at radius 3 is 3.00 bits per heavy atom. The highest BCUT2D eigenvalue weighted by Gasteiger charge is 2.23. The number of benzene rings is 1. The minimum absolute atomic E-state index is 0.585. The van der Waals surface area contributed by atoms with Gasteiger partial charge in [-0.3, -0.25) is 4.98 Å². The third kappa shape index (κ3) is 1.55. The quantitative estimate of drug-likeness (QED) is 0.374. The first kappa shape index (κ1) is 11.7. The molecular formula is C15H12ClN3O. The van der Waals surface area contributed by atoms with Gasteiger partial charge >= 0.3 is 0 Å². The van der Waals surface area contributed by atoms with E-state index in [1.165, 1.54) is 0 Å². The molecule has 4 rings (SSSR count). The van der Waals surface area contributed by atoms with Crippen molar-refractivity contribution in [3.63, 3.8) is 0 Å². The van der Waals surface area contributed by atoms with Gasteiger partial charge in [0.1, 0.15) is 5.15 Å². The van der Waals surface area contributed by atoms with E-state index in [0.29, 0.717) is 5.15 Å². The predicted molar refractivity (Wildman–Crippen MR) is 79.9 cm³/mol. The van der Waals surface area contributed by atoms with Gasteiger partial charge in [-0.2, -0.15) is 0 Å². The monoisotopic (exact) mass is 285 g/mol. The first-order valence-corrected chi connectivity index (χ1v) is 6.96. The van der Waals surface area contributed by atoms with Crippen LogP contribution in [-0.2, 0) is 6.42 Å². The lowest BCUT2D eigenvalue weighted by atomic mass is 9.93. The van der Waals surface area contributed by atoms with Gasteiger partial charge in [0, 0.05) is 27.9 Å². The summed E-state index contributed by atoms with van der Waals surface area (Å²) in [6, 6.07) is 5.98. The molecule has 0 unspecified atom stereocenters. The van der Waals surface area contributed by atoms with Crippen LogP contribution in [0.15, 0.2) is 29.6 Å². The van der Waals surface area contributed by atoms with Gasteiger partial charge in [-0.15, -0.1) is 0 Å². The molecule has 0 saturated heterocycles. The smallest absolute Gasteiger partial charge is 0.106 e. The molecule has 0 atom stereocenters. The van der Waals surface area contributed by atoms with E-state index >= 15 is 0 Å². The fourth-order valence-corrected chi connectivity index (χ4v) is 3.20. The number of oxime groups is 1. The lowest BCUT2D eigenvalue weighted by molar-refractivity contribution is 0.317. The van der Waals surface area contributed by atoms with E-state index in [1.807, 2.05) is 24.4 Å². The summed E-state index contributed by atoms with van der Waals surface area (Å²) in [6.45, 7) is 0. The van der Waals surface area contributed by atoms with Crippen LogP contribution in [0.2, 0.25) is 5.15 Å². The highest BCUT2D eigenvalue weighted by Crippen LogP contribution is 2.34. The van der Waals surface area contributed by atoms with E-state index in [-0.39, 0.29) is 0 Å². The number of halogens is 1. The highest BCUT2D eigenvalue weighted by molar-refractivity contribution is 6.30. The predicted octanol–water partition coefficient (Wildman–Crippen LogP) is 3.88. The Labute approximate surface area is 120 Å². The van der Waals surface area contributed by atoms with Gasteiger partial charge in [-0.25, -0.2) is 0 Å². The Hall–Kier alpha value is -2.07. The summed E-state index contributed by atoms with van der Waals surface area (Å²) in [4.78, 5) is 7.75. The topological polar surface area (TPSA) is 61.3 Å². The first-order chi connectivity index (χ1) is 9.78. The first-order valence-electron chi connectivity index (χ1n) is 6.58. The van der Waals surface area contributed by atoms with Gasteiger partial charge in [0.05, 0.1) is 16.9 Å². The summed E-state index contributed by atoms with van der Waals surface area (Å²) < 4.78 is 0. The number of nitrogens with zero attached hydrogens (tertiary/aromatic N) is 2. The number of aromatic nitrogens is 2. The van der Waals surface area contributed by atoms with Gasteiger partial charge < -0.3 is 10.2 Å². The maximum atomic E-state index is 9.21. The third-order valence-electron chi connectivity index (χ3n) is 3.93. The lowest BCUT2D eigenvalue weighted by Gasteiger charge is -2.11. The maximum absolute atomic E-state index is 9.21. The minimum Gasteiger partial charge on any atom is -0.411 e. The van der Waals surface area contributed by atoms with Gasteiger partial charge in [0.2, 0.25) is 0 Å². The van der Waals surface area contributed by atoms with Crippen molar-refractivity contribution in [2.45, 2.75) is 19.3 Å². The molecule has 1 aromatic carbocycles. The van der Waals surface area contributed by atoms with Crippen molar-refractivity contribution < 1.29 is 5.21 Å². The molecule has 5 heteroatoms. The number of hydrogen-bond donors (Lipinski definition) is 2. The van der Waals surface area contributed by atoms with Crippen LogP contribution in [-0.4, -0.2) is 20.9 Å². The molecule has 2 heterocycles. The van der Waals surface area contributed by atoms with Crippen LogP contribution in [0.3, 0.4) is 0 Å². The molecule has 2 N–H and O–H groups in total. The van der Waals surface area contributed by atoms with Gasteiger partial charge in [0.25, 0.3) is 0 Å². The maximum Gasteiger partial charge on any atom is 0.106 e. The van der Waals surface area contributed by atoms with Crippen LogP contribution >= 0.6 is 11.6 Å². The molecule has 1 aliphatic carbocycles. The Kier molecular flexibility index (Phi) is 2.47. The number of hydrogen-bond acceptors (Lipinski definition) is 3. The number of rotatable bonds is 0.